The molecule has 2 unspecified atom stereocenters. The number of halogens is 2. The average molecular weight is 1060 g/mol. The summed E-state index contributed by atoms with van der Waals surface area (Å²) in [5, 5.41) is 3.21. The van der Waals surface area contributed by atoms with Crippen LogP contribution in [0.25, 0.3) is 21.5 Å². The van der Waals surface area contributed by atoms with E-state index in [0.29, 0.717) is 32.2 Å². The van der Waals surface area contributed by atoms with Gasteiger partial charge in [0.2, 0.25) is 9.84 Å². The average Bonchev–Trinajstić information content (AvgIpc) is 3.37. The maximum absolute atomic E-state index is 15.4. The number of terminal acetylenes is 4. The molecule has 4 nitrogen and oxygen atoms in total. The van der Waals surface area contributed by atoms with E-state index >= 15 is 8.42 Å². The number of hydrogen-bond donors (Lipinski definition) is 2. The van der Waals surface area contributed by atoms with Gasteiger partial charge >= 0.3 is 34.5 Å². The summed E-state index contributed by atoms with van der Waals surface area (Å²) in [4.78, 5) is 0.106. The van der Waals surface area contributed by atoms with Crippen molar-refractivity contribution in [3.63, 3.8) is 0 Å². The molecule has 0 bridgehead atoms. The molecule has 0 saturated heterocycles. The van der Waals surface area contributed by atoms with Gasteiger partial charge in [-0.25, -0.2) is 8.42 Å². The van der Waals surface area contributed by atoms with E-state index in [-0.39, 0.29) is 37.0 Å². The molecule has 6 aromatic rings. The van der Waals surface area contributed by atoms with Crippen LogP contribution in [0.1, 0.15) is 23.2 Å². The van der Waals surface area contributed by atoms with Gasteiger partial charge in [-0.05, 0) is 81.4 Å². The molecular formula is C58H34Cl2N2O2P2RuS+4. The molecule has 4 N–H and O–H groups in total. The van der Waals surface area contributed by atoms with Gasteiger partial charge in [0.1, 0.15) is 43.0 Å². The number of nitrogens with two attached hydrogens (primary N) is 2. The summed E-state index contributed by atoms with van der Waals surface area (Å²) in [6.07, 6.45) is 21.1. The summed E-state index contributed by atoms with van der Waals surface area (Å²) in [7, 11) is 0.763. The topological polar surface area (TPSA) is 86.2 Å². The SMILES string of the molecule is C#CC#CC#C[PH+](C#CC#CC#C)c1ccc2ccccc2c1S(=O)(=O)c1c([PH+](C#CC#CC#C)C#CC#CC#C)ccc2ccccc12.NC(c1ccccc1)C(N)c1ccccc1.[Cl][Ru+2][Cl]. The Bertz CT molecular complexity index is 3310. The first-order chi connectivity index (χ1) is 33.2. The number of rotatable bonds is 7. The zero-order valence-corrected chi connectivity index (χ0v) is 41.7. The summed E-state index contributed by atoms with van der Waals surface area (Å²) in [5.41, 5.74) is 26.6. The van der Waals surface area contributed by atoms with E-state index < -0.39 is 25.7 Å². The molecule has 322 valence electrons. The van der Waals surface area contributed by atoms with Crippen molar-refractivity contribution in [3.8, 4) is 143 Å². The van der Waals surface area contributed by atoms with Crippen LogP contribution in [0.5, 0.6) is 0 Å². The van der Waals surface area contributed by atoms with Gasteiger partial charge in [-0.2, -0.15) is 0 Å². The second-order valence-corrected chi connectivity index (χ2v) is 21.1. The summed E-state index contributed by atoms with van der Waals surface area (Å²) in [6, 6.07) is 41.1. The molecule has 0 fully saturated rings. The van der Waals surface area contributed by atoms with Crippen molar-refractivity contribution >= 4 is 77.2 Å². The molecule has 0 radical (unpaired) electrons. The van der Waals surface area contributed by atoms with Gasteiger partial charge in [0.15, 0.2) is 15.8 Å². The quantitative estimate of drug-likeness (QED) is 0.0954. The number of hydrogen-bond acceptors (Lipinski definition) is 4. The van der Waals surface area contributed by atoms with Gasteiger partial charge in [-0.3, -0.25) is 0 Å². The van der Waals surface area contributed by atoms with E-state index in [9.17, 15) is 0 Å². The summed E-state index contributed by atoms with van der Waals surface area (Å²) >= 11 is -0.346. The molecule has 68 heavy (non-hydrogen) atoms. The summed E-state index contributed by atoms with van der Waals surface area (Å²) in [5.74, 6) is 40.0. The van der Waals surface area contributed by atoms with Crippen LogP contribution in [-0.2, 0) is 25.0 Å². The van der Waals surface area contributed by atoms with Gasteiger partial charge in [0.25, 0.3) is 0 Å². The fourth-order valence-electron chi connectivity index (χ4n) is 6.30. The summed E-state index contributed by atoms with van der Waals surface area (Å²) < 4.78 is 30.9. The van der Waals surface area contributed by atoms with Crippen molar-refractivity contribution in [3.05, 3.63) is 145 Å². The molecule has 0 aliphatic carbocycles. The third kappa shape index (κ3) is 15.3. The monoisotopic (exact) mass is 1060 g/mol. The Morgan fingerprint density at radius 1 is 0.426 bits per heavy atom. The van der Waals surface area contributed by atoms with Crippen LogP contribution in [0.4, 0.5) is 0 Å². The Kier molecular flexibility index (Phi) is 22.8. The minimum absolute atomic E-state index is 0.0528. The molecule has 10 heteroatoms. The first-order valence-corrected chi connectivity index (χ1v) is 28.5. The fourth-order valence-corrected chi connectivity index (χ4v) is 12.2. The first kappa shape index (κ1) is 53.1. The van der Waals surface area contributed by atoms with Crippen LogP contribution >= 0.6 is 35.2 Å². The van der Waals surface area contributed by atoms with Crippen molar-refractivity contribution in [2.75, 3.05) is 0 Å². The number of benzene rings is 6. The molecule has 0 amide bonds. The van der Waals surface area contributed by atoms with Crippen LogP contribution in [0.15, 0.2) is 143 Å². The maximum atomic E-state index is 15.4. The van der Waals surface area contributed by atoms with Crippen molar-refractivity contribution in [1.29, 1.82) is 0 Å². The van der Waals surface area contributed by atoms with Crippen molar-refractivity contribution < 1.29 is 23.6 Å². The molecular weight excluding hydrogens is 1020 g/mol. The molecule has 0 aliphatic heterocycles. The van der Waals surface area contributed by atoms with E-state index in [2.05, 4.69) is 117 Å². The molecule has 0 heterocycles. The normalized spacial score (nSPS) is 9.97. The van der Waals surface area contributed by atoms with Crippen LogP contribution in [0.2, 0.25) is 0 Å². The van der Waals surface area contributed by atoms with Crippen LogP contribution < -0.4 is 22.1 Å². The summed E-state index contributed by atoms with van der Waals surface area (Å²) in [6.45, 7) is 0. The van der Waals surface area contributed by atoms with Crippen molar-refractivity contribution in [2.24, 2.45) is 11.5 Å². The Balaban J connectivity index is 0.000000439. The molecule has 0 aliphatic rings. The fraction of sp³-hybridized carbons (Fsp3) is 0.0345. The van der Waals surface area contributed by atoms with Gasteiger partial charge in [0.05, 0.1) is 0 Å². The number of fused-ring (bicyclic) bond motifs is 2. The second-order valence-electron chi connectivity index (χ2n) is 13.1. The van der Waals surface area contributed by atoms with Gasteiger partial charge in [0, 0.05) is 70.2 Å². The van der Waals surface area contributed by atoms with E-state index in [0.717, 1.165) is 11.1 Å². The van der Waals surface area contributed by atoms with E-state index in [1.165, 1.54) is 0 Å². The zero-order chi connectivity index (χ0) is 49.0. The van der Waals surface area contributed by atoms with Crippen molar-refractivity contribution in [2.45, 2.75) is 21.9 Å². The van der Waals surface area contributed by atoms with Gasteiger partial charge in [-0.15, -0.1) is 25.7 Å². The van der Waals surface area contributed by atoms with Crippen LogP contribution in [-0.4, -0.2) is 8.42 Å². The molecule has 0 spiro atoms. The van der Waals surface area contributed by atoms with E-state index in [1.807, 2.05) is 97.1 Å². The Morgan fingerprint density at radius 2 is 0.721 bits per heavy atom. The van der Waals surface area contributed by atoms with E-state index in [4.69, 9.17) is 56.5 Å². The Hall–Kier alpha value is -7.51. The zero-order valence-electron chi connectivity index (χ0n) is 35.7. The van der Waals surface area contributed by atoms with Crippen LogP contribution in [0, 0.1) is 143 Å². The molecule has 6 rings (SSSR count). The van der Waals surface area contributed by atoms with E-state index in [1.54, 1.807) is 36.4 Å². The Morgan fingerprint density at radius 3 is 1.03 bits per heavy atom. The Labute approximate surface area is 418 Å². The van der Waals surface area contributed by atoms with Crippen LogP contribution in [0.3, 0.4) is 0 Å². The standard InChI is InChI=1S/C44H16O2P2S.C14H16N2.2ClH.Ru/c1-5-9-13-21-33-47(34-22-14-10-6-2)41-31-29-37-25-17-19-27-39(37)43(41)49(45,46)44-40-28-20-18-26-38(40)30-32-42(44)48(35-23-15-11-7-3)36-24-16-12-8-4;15-13(11-7-3-1-4-8-11)14(16)12-9-5-2-6-10-12;;;/h1-4,17-20,25-32H;1-10,13-14H,15-16H2;2*1H;/q;;;;+4. The first-order valence-electron chi connectivity index (χ1n) is 19.5. The molecule has 6 aromatic carbocycles. The molecule has 2 atom stereocenters. The molecule has 0 aromatic heterocycles. The predicted octanol–water partition coefficient (Wildman–Crippen LogP) is 8.66. The molecule has 0 saturated carbocycles. The van der Waals surface area contributed by atoms with Gasteiger partial charge in [-0.1, -0.05) is 121 Å². The van der Waals surface area contributed by atoms with Gasteiger partial charge < -0.3 is 11.5 Å². The third-order valence-electron chi connectivity index (χ3n) is 9.13. The second kappa shape index (κ2) is 29.2. The third-order valence-corrected chi connectivity index (χ3v) is 14.9. The number of sulfone groups is 1. The van der Waals surface area contributed by atoms with Crippen molar-refractivity contribution in [1.82, 2.24) is 0 Å². The predicted molar refractivity (Wildman–Crippen MR) is 285 cm³/mol. The minimum atomic E-state index is -4.38.